The predicted octanol–water partition coefficient (Wildman–Crippen LogP) is -0.116. The molecule has 0 aromatic heterocycles. The Hall–Kier alpha value is -0.200. The van der Waals surface area contributed by atoms with Gasteiger partial charge in [0.1, 0.15) is 0 Å². The second kappa shape index (κ2) is 12.9. The second-order valence-electron chi connectivity index (χ2n) is 3.71. The summed E-state index contributed by atoms with van der Waals surface area (Å²) in [6.45, 7) is 6.99. The molecule has 0 aromatic carbocycles. The Balaban J connectivity index is 2.93. The first-order chi connectivity index (χ1) is 7.81. The van der Waals surface area contributed by atoms with Crippen molar-refractivity contribution in [3.63, 3.8) is 0 Å². The van der Waals surface area contributed by atoms with Gasteiger partial charge in [-0.1, -0.05) is 6.92 Å². The summed E-state index contributed by atoms with van der Waals surface area (Å²) in [7, 11) is 1.65. The number of methoxy groups -OCH3 is 1. The van der Waals surface area contributed by atoms with E-state index in [1.165, 1.54) is 0 Å². The van der Waals surface area contributed by atoms with Crippen molar-refractivity contribution in [2.45, 2.75) is 6.92 Å². The maximum absolute atomic E-state index is 8.78. The molecule has 0 aromatic rings. The summed E-state index contributed by atoms with van der Waals surface area (Å²) in [5.74, 6) is 0.303. The number of rotatable bonds is 12. The summed E-state index contributed by atoms with van der Waals surface area (Å²) < 4.78 is 15.4. The first-order valence-corrected chi connectivity index (χ1v) is 5.77. The molecule has 0 fully saturated rings. The van der Waals surface area contributed by atoms with Crippen LogP contribution in [-0.2, 0) is 14.2 Å². The van der Waals surface area contributed by atoms with Crippen molar-refractivity contribution >= 4 is 0 Å². The van der Waals surface area contributed by atoms with Gasteiger partial charge in [-0.25, -0.2) is 0 Å². The standard InChI is InChI=1S/C11H25NO4/c1-11(10-13)9-12-3-4-15-7-8-16-6-5-14-2/h11-13H,3-10H2,1-2H3. The monoisotopic (exact) mass is 235 g/mol. The quantitative estimate of drug-likeness (QED) is 0.462. The van der Waals surface area contributed by atoms with Crippen molar-refractivity contribution < 1.29 is 19.3 Å². The van der Waals surface area contributed by atoms with Crippen molar-refractivity contribution in [2.24, 2.45) is 5.92 Å². The van der Waals surface area contributed by atoms with Gasteiger partial charge in [-0.2, -0.15) is 0 Å². The van der Waals surface area contributed by atoms with Crippen molar-refractivity contribution in [1.29, 1.82) is 0 Å². The highest BCUT2D eigenvalue weighted by atomic mass is 16.5. The minimum absolute atomic E-state index is 0.223. The highest BCUT2D eigenvalue weighted by Gasteiger charge is 1.97. The van der Waals surface area contributed by atoms with E-state index in [-0.39, 0.29) is 6.61 Å². The highest BCUT2D eigenvalue weighted by Crippen LogP contribution is 1.87. The van der Waals surface area contributed by atoms with Crippen LogP contribution in [0, 0.1) is 5.92 Å². The molecule has 16 heavy (non-hydrogen) atoms. The minimum Gasteiger partial charge on any atom is -0.396 e. The molecular weight excluding hydrogens is 210 g/mol. The molecule has 98 valence electrons. The third-order valence-electron chi connectivity index (χ3n) is 2.03. The van der Waals surface area contributed by atoms with E-state index in [1.54, 1.807) is 7.11 Å². The highest BCUT2D eigenvalue weighted by molar-refractivity contribution is 4.54. The molecule has 0 saturated heterocycles. The van der Waals surface area contributed by atoms with Gasteiger partial charge >= 0.3 is 0 Å². The molecule has 0 heterocycles. The van der Waals surface area contributed by atoms with Crippen LogP contribution in [0.3, 0.4) is 0 Å². The van der Waals surface area contributed by atoms with E-state index < -0.39 is 0 Å². The van der Waals surface area contributed by atoms with Crippen LogP contribution in [0.5, 0.6) is 0 Å². The lowest BCUT2D eigenvalue weighted by molar-refractivity contribution is 0.0254. The van der Waals surface area contributed by atoms with Gasteiger partial charge in [0.05, 0.1) is 33.0 Å². The maximum atomic E-state index is 8.78. The summed E-state index contributed by atoms with van der Waals surface area (Å²) in [6, 6.07) is 0. The lowest BCUT2D eigenvalue weighted by atomic mass is 10.2. The second-order valence-corrected chi connectivity index (χ2v) is 3.71. The van der Waals surface area contributed by atoms with Gasteiger partial charge in [-0.05, 0) is 12.5 Å². The van der Waals surface area contributed by atoms with Crippen LogP contribution >= 0.6 is 0 Å². The number of hydrogen-bond acceptors (Lipinski definition) is 5. The number of hydrogen-bond donors (Lipinski definition) is 2. The molecule has 0 radical (unpaired) electrons. The minimum atomic E-state index is 0.223. The van der Waals surface area contributed by atoms with E-state index in [0.29, 0.717) is 39.0 Å². The zero-order chi connectivity index (χ0) is 12.1. The summed E-state index contributed by atoms with van der Waals surface area (Å²) >= 11 is 0. The maximum Gasteiger partial charge on any atom is 0.0701 e. The van der Waals surface area contributed by atoms with Gasteiger partial charge in [0, 0.05) is 20.3 Å². The normalized spacial score (nSPS) is 12.9. The van der Waals surface area contributed by atoms with Crippen LogP contribution in [0.15, 0.2) is 0 Å². The lowest BCUT2D eigenvalue weighted by Crippen LogP contribution is -2.27. The fourth-order valence-corrected chi connectivity index (χ4v) is 1.02. The van der Waals surface area contributed by atoms with Crippen molar-refractivity contribution in [2.75, 3.05) is 59.8 Å². The third kappa shape index (κ3) is 11.9. The Morgan fingerprint density at radius 2 is 1.69 bits per heavy atom. The van der Waals surface area contributed by atoms with Gasteiger partial charge in [0.2, 0.25) is 0 Å². The van der Waals surface area contributed by atoms with E-state index in [0.717, 1.165) is 13.1 Å². The van der Waals surface area contributed by atoms with Crippen molar-refractivity contribution in [1.82, 2.24) is 5.32 Å². The fraction of sp³-hybridized carbons (Fsp3) is 1.00. The molecule has 5 heteroatoms. The molecule has 1 atom stereocenters. The van der Waals surface area contributed by atoms with Crippen LogP contribution in [0.2, 0.25) is 0 Å². The topological polar surface area (TPSA) is 60.0 Å². The summed E-state index contributed by atoms with van der Waals surface area (Å²) in [5.41, 5.74) is 0. The zero-order valence-corrected chi connectivity index (χ0v) is 10.4. The molecule has 2 N–H and O–H groups in total. The predicted molar refractivity (Wildman–Crippen MR) is 62.6 cm³/mol. The van der Waals surface area contributed by atoms with E-state index in [9.17, 15) is 0 Å². The number of aliphatic hydroxyl groups excluding tert-OH is 1. The van der Waals surface area contributed by atoms with Gasteiger partial charge in [0.25, 0.3) is 0 Å². The summed E-state index contributed by atoms with van der Waals surface area (Å²) in [6.07, 6.45) is 0. The van der Waals surface area contributed by atoms with Gasteiger partial charge in [-0.15, -0.1) is 0 Å². The van der Waals surface area contributed by atoms with Crippen molar-refractivity contribution in [3.8, 4) is 0 Å². The zero-order valence-electron chi connectivity index (χ0n) is 10.4. The first kappa shape index (κ1) is 15.8. The molecule has 0 bridgehead atoms. The first-order valence-electron chi connectivity index (χ1n) is 5.77. The molecule has 0 aliphatic heterocycles. The SMILES string of the molecule is COCCOCCOCCNCC(C)CO. The molecule has 0 aliphatic rings. The summed E-state index contributed by atoms with van der Waals surface area (Å²) in [5, 5.41) is 12.0. The van der Waals surface area contributed by atoms with Gasteiger partial charge < -0.3 is 24.6 Å². The smallest absolute Gasteiger partial charge is 0.0701 e. The third-order valence-corrected chi connectivity index (χ3v) is 2.03. The molecule has 5 nitrogen and oxygen atoms in total. The van der Waals surface area contributed by atoms with Crippen LogP contribution in [0.1, 0.15) is 6.92 Å². The van der Waals surface area contributed by atoms with Crippen LogP contribution in [-0.4, -0.2) is 64.9 Å². The van der Waals surface area contributed by atoms with E-state index >= 15 is 0 Å². The summed E-state index contributed by atoms with van der Waals surface area (Å²) in [4.78, 5) is 0. The Morgan fingerprint density at radius 1 is 1.06 bits per heavy atom. The van der Waals surface area contributed by atoms with Crippen molar-refractivity contribution in [3.05, 3.63) is 0 Å². The molecule has 0 amide bonds. The number of nitrogens with one attached hydrogen (secondary N) is 1. The molecule has 0 spiro atoms. The van der Waals surface area contributed by atoms with E-state index in [1.807, 2.05) is 6.92 Å². The average Bonchev–Trinajstić information content (AvgIpc) is 2.31. The average molecular weight is 235 g/mol. The van der Waals surface area contributed by atoms with Gasteiger partial charge in [-0.3, -0.25) is 0 Å². The van der Waals surface area contributed by atoms with Crippen LogP contribution in [0.4, 0.5) is 0 Å². The largest absolute Gasteiger partial charge is 0.396 e. The van der Waals surface area contributed by atoms with Crippen LogP contribution in [0.25, 0.3) is 0 Å². The molecule has 0 aliphatic carbocycles. The molecule has 1 unspecified atom stereocenters. The fourth-order valence-electron chi connectivity index (χ4n) is 1.02. The van der Waals surface area contributed by atoms with Crippen LogP contribution < -0.4 is 5.32 Å². The van der Waals surface area contributed by atoms with Gasteiger partial charge in [0.15, 0.2) is 0 Å². The van der Waals surface area contributed by atoms with E-state index in [4.69, 9.17) is 19.3 Å². The Bertz CT molecular complexity index is 135. The Kier molecular flexibility index (Phi) is 12.7. The number of ether oxygens (including phenoxy) is 3. The molecule has 0 rings (SSSR count). The number of aliphatic hydroxyl groups is 1. The van der Waals surface area contributed by atoms with E-state index in [2.05, 4.69) is 5.32 Å². The molecule has 0 saturated carbocycles. The Morgan fingerprint density at radius 3 is 2.31 bits per heavy atom. The lowest BCUT2D eigenvalue weighted by Gasteiger charge is -2.09. The molecular formula is C11H25NO4. The Labute approximate surface area is 98.1 Å².